The first-order valence-electron chi connectivity index (χ1n) is 8.62. The van der Waals surface area contributed by atoms with Crippen molar-refractivity contribution in [2.24, 2.45) is 7.05 Å². The molecule has 0 unspecified atom stereocenters. The lowest BCUT2D eigenvalue weighted by molar-refractivity contribution is 0.0746. The Bertz CT molecular complexity index is 975. The zero-order valence-electron chi connectivity index (χ0n) is 14.8. The average molecular weight is 370 g/mol. The van der Waals surface area contributed by atoms with Crippen molar-refractivity contribution < 1.29 is 4.79 Å². The van der Waals surface area contributed by atoms with Gasteiger partial charge in [0.1, 0.15) is 0 Å². The number of aryl methyl sites for hydroxylation is 2. The van der Waals surface area contributed by atoms with Gasteiger partial charge >= 0.3 is 0 Å². The van der Waals surface area contributed by atoms with E-state index in [1.54, 1.807) is 10.9 Å². The van der Waals surface area contributed by atoms with Crippen molar-refractivity contribution in [1.82, 2.24) is 19.7 Å². The summed E-state index contributed by atoms with van der Waals surface area (Å²) in [5.41, 5.74) is 3.31. The molecule has 1 aromatic carbocycles. The van der Waals surface area contributed by atoms with Crippen LogP contribution in [0.1, 0.15) is 16.1 Å². The van der Waals surface area contributed by atoms with Crippen LogP contribution < -0.4 is 4.90 Å². The quantitative estimate of drug-likeness (QED) is 0.697. The summed E-state index contributed by atoms with van der Waals surface area (Å²) >= 11 is 6.29. The summed E-state index contributed by atoms with van der Waals surface area (Å²) < 4.78 is 1.74. The number of anilines is 1. The first-order chi connectivity index (χ1) is 12.5. The van der Waals surface area contributed by atoms with Crippen molar-refractivity contribution >= 4 is 34.2 Å². The minimum atomic E-state index is 0.0152. The maximum atomic E-state index is 12.9. The second-order valence-corrected chi connectivity index (χ2v) is 6.94. The smallest absolute Gasteiger partial charge is 0.255 e. The summed E-state index contributed by atoms with van der Waals surface area (Å²) in [5.74, 6) is 0.0152. The number of rotatable bonds is 2. The van der Waals surface area contributed by atoms with Gasteiger partial charge in [-0.2, -0.15) is 5.10 Å². The predicted molar refractivity (Wildman–Crippen MR) is 103 cm³/mol. The molecule has 1 saturated heterocycles. The van der Waals surface area contributed by atoms with E-state index in [0.717, 1.165) is 40.5 Å². The zero-order chi connectivity index (χ0) is 18.3. The molecule has 1 aliphatic rings. The molecule has 0 N–H and O–H groups in total. The molecule has 26 heavy (non-hydrogen) atoms. The molecular formula is C19H20ClN5O. The third-order valence-corrected chi connectivity index (χ3v) is 5.19. The van der Waals surface area contributed by atoms with Crippen LogP contribution in [0.3, 0.4) is 0 Å². The molecule has 134 valence electrons. The van der Waals surface area contributed by atoms with Gasteiger partial charge in [0.25, 0.3) is 5.91 Å². The van der Waals surface area contributed by atoms with Gasteiger partial charge in [0, 0.05) is 44.8 Å². The SMILES string of the molecule is Cc1nn(C)c2ncc(C(=O)N3CCN(c4ccccc4Cl)CC3)cc12. The average Bonchev–Trinajstić information content (AvgIpc) is 2.95. The number of nitrogens with zero attached hydrogens (tertiary/aromatic N) is 5. The number of hydrogen-bond acceptors (Lipinski definition) is 4. The number of piperazine rings is 1. The number of carbonyl (C=O) groups is 1. The molecule has 7 heteroatoms. The van der Waals surface area contributed by atoms with Crippen molar-refractivity contribution in [3.63, 3.8) is 0 Å². The fourth-order valence-electron chi connectivity index (χ4n) is 3.47. The van der Waals surface area contributed by atoms with E-state index in [0.29, 0.717) is 18.7 Å². The lowest BCUT2D eigenvalue weighted by Crippen LogP contribution is -2.48. The number of carbonyl (C=O) groups excluding carboxylic acids is 1. The van der Waals surface area contributed by atoms with E-state index in [4.69, 9.17) is 11.6 Å². The Morgan fingerprint density at radius 3 is 2.62 bits per heavy atom. The minimum absolute atomic E-state index is 0.0152. The first kappa shape index (κ1) is 16.8. The number of fused-ring (bicyclic) bond motifs is 1. The second kappa shape index (κ2) is 6.61. The molecule has 1 amide bonds. The van der Waals surface area contributed by atoms with E-state index >= 15 is 0 Å². The van der Waals surface area contributed by atoms with Crippen LogP contribution in [0, 0.1) is 6.92 Å². The number of pyridine rings is 1. The van der Waals surface area contributed by atoms with Crippen molar-refractivity contribution in [3.8, 4) is 0 Å². The van der Waals surface area contributed by atoms with Gasteiger partial charge in [-0.1, -0.05) is 23.7 Å². The van der Waals surface area contributed by atoms with Crippen molar-refractivity contribution in [2.75, 3.05) is 31.1 Å². The Kier molecular flexibility index (Phi) is 4.28. The Hall–Kier alpha value is -2.60. The Labute approximate surface area is 157 Å². The van der Waals surface area contributed by atoms with Crippen LogP contribution in [0.25, 0.3) is 11.0 Å². The van der Waals surface area contributed by atoms with Gasteiger partial charge in [-0.3, -0.25) is 9.48 Å². The van der Waals surface area contributed by atoms with Crippen molar-refractivity contribution in [1.29, 1.82) is 0 Å². The third kappa shape index (κ3) is 2.90. The highest BCUT2D eigenvalue weighted by Crippen LogP contribution is 2.26. The molecular weight excluding hydrogens is 350 g/mol. The second-order valence-electron chi connectivity index (χ2n) is 6.53. The molecule has 3 aromatic rings. The standard InChI is InChI=1S/C19H20ClN5O/c1-13-15-11-14(12-21-18(15)23(2)22-13)19(26)25-9-7-24(8-10-25)17-6-4-3-5-16(17)20/h3-6,11-12H,7-10H2,1-2H3. The molecule has 4 rings (SSSR count). The predicted octanol–water partition coefficient (Wildman–Crippen LogP) is 2.89. The largest absolute Gasteiger partial charge is 0.367 e. The van der Waals surface area contributed by atoms with Gasteiger partial charge in [-0.25, -0.2) is 4.98 Å². The number of hydrogen-bond donors (Lipinski definition) is 0. The van der Waals surface area contributed by atoms with Gasteiger partial charge in [-0.15, -0.1) is 0 Å². The Balaban J connectivity index is 1.50. The first-order valence-corrected chi connectivity index (χ1v) is 9.00. The van der Waals surface area contributed by atoms with Gasteiger partial charge in [0.05, 0.1) is 22.0 Å². The molecule has 2 aromatic heterocycles. The number of amides is 1. The summed E-state index contributed by atoms with van der Waals surface area (Å²) in [4.78, 5) is 21.4. The highest BCUT2D eigenvalue weighted by Gasteiger charge is 2.24. The maximum absolute atomic E-state index is 12.9. The Morgan fingerprint density at radius 2 is 1.88 bits per heavy atom. The van der Waals surface area contributed by atoms with Crippen LogP contribution in [0.5, 0.6) is 0 Å². The lowest BCUT2D eigenvalue weighted by atomic mass is 10.1. The fourth-order valence-corrected chi connectivity index (χ4v) is 3.72. The van der Waals surface area contributed by atoms with Gasteiger partial charge in [0.2, 0.25) is 0 Å². The topological polar surface area (TPSA) is 54.3 Å². The van der Waals surface area contributed by atoms with Crippen LogP contribution >= 0.6 is 11.6 Å². The van der Waals surface area contributed by atoms with E-state index in [9.17, 15) is 4.79 Å². The van der Waals surface area contributed by atoms with Gasteiger partial charge < -0.3 is 9.80 Å². The summed E-state index contributed by atoms with van der Waals surface area (Å²) in [6.45, 7) is 4.77. The number of benzene rings is 1. The zero-order valence-corrected chi connectivity index (χ0v) is 15.6. The molecule has 0 atom stereocenters. The minimum Gasteiger partial charge on any atom is -0.367 e. The van der Waals surface area contributed by atoms with Crippen LogP contribution in [-0.2, 0) is 7.05 Å². The third-order valence-electron chi connectivity index (χ3n) is 4.87. The number of halogens is 1. The van der Waals surface area contributed by atoms with E-state index in [-0.39, 0.29) is 5.91 Å². The molecule has 0 saturated carbocycles. The molecule has 1 aliphatic heterocycles. The molecule has 0 radical (unpaired) electrons. The molecule has 0 spiro atoms. The normalized spacial score (nSPS) is 14.9. The molecule has 0 bridgehead atoms. The van der Waals surface area contributed by atoms with E-state index in [1.807, 2.05) is 49.2 Å². The summed E-state index contributed by atoms with van der Waals surface area (Å²) in [7, 11) is 1.86. The molecule has 3 heterocycles. The summed E-state index contributed by atoms with van der Waals surface area (Å²) in [5, 5.41) is 6.03. The summed E-state index contributed by atoms with van der Waals surface area (Å²) in [6.07, 6.45) is 1.65. The number of para-hydroxylation sites is 1. The highest BCUT2D eigenvalue weighted by atomic mass is 35.5. The molecule has 1 fully saturated rings. The highest BCUT2D eigenvalue weighted by molar-refractivity contribution is 6.33. The van der Waals surface area contributed by atoms with Crippen LogP contribution in [0.15, 0.2) is 36.5 Å². The van der Waals surface area contributed by atoms with Gasteiger partial charge in [-0.05, 0) is 25.1 Å². The monoisotopic (exact) mass is 369 g/mol. The lowest BCUT2D eigenvalue weighted by Gasteiger charge is -2.36. The van der Waals surface area contributed by atoms with E-state index in [2.05, 4.69) is 15.0 Å². The van der Waals surface area contributed by atoms with Crippen molar-refractivity contribution in [2.45, 2.75) is 6.92 Å². The Morgan fingerprint density at radius 1 is 1.15 bits per heavy atom. The van der Waals surface area contributed by atoms with Crippen molar-refractivity contribution in [3.05, 3.63) is 52.8 Å². The fraction of sp³-hybridized carbons (Fsp3) is 0.316. The van der Waals surface area contributed by atoms with E-state index < -0.39 is 0 Å². The van der Waals surface area contributed by atoms with Crippen LogP contribution in [0.2, 0.25) is 5.02 Å². The van der Waals surface area contributed by atoms with Crippen LogP contribution in [-0.4, -0.2) is 51.8 Å². The molecule has 6 nitrogen and oxygen atoms in total. The van der Waals surface area contributed by atoms with Gasteiger partial charge in [0.15, 0.2) is 5.65 Å². The molecule has 0 aliphatic carbocycles. The van der Waals surface area contributed by atoms with E-state index in [1.165, 1.54) is 0 Å². The van der Waals surface area contributed by atoms with Crippen LogP contribution in [0.4, 0.5) is 5.69 Å². The number of aromatic nitrogens is 3. The maximum Gasteiger partial charge on any atom is 0.255 e. The summed E-state index contributed by atoms with van der Waals surface area (Å²) in [6, 6.07) is 9.72.